The highest BCUT2D eigenvalue weighted by Crippen LogP contribution is 2.23. The number of nitrogens with zero attached hydrogens (tertiary/aromatic N) is 1. The Morgan fingerprint density at radius 2 is 2.00 bits per heavy atom. The Morgan fingerprint density at radius 3 is 2.56 bits per heavy atom. The van der Waals surface area contributed by atoms with Crippen molar-refractivity contribution in [2.24, 2.45) is 5.92 Å². The van der Waals surface area contributed by atoms with Crippen molar-refractivity contribution >= 4 is 5.91 Å². The van der Waals surface area contributed by atoms with Crippen LogP contribution >= 0.6 is 0 Å². The quantitative estimate of drug-likeness (QED) is 0.824. The molecule has 0 aromatic rings. The van der Waals surface area contributed by atoms with E-state index < -0.39 is 0 Å². The average Bonchev–Trinajstić information content (AvgIpc) is 2.83. The average molecular weight is 254 g/mol. The maximum atomic E-state index is 12.3. The maximum absolute atomic E-state index is 12.3. The normalized spacial score (nSPS) is 29.8. The number of amides is 1. The SMILES string of the molecule is CCNCC1CCN(C(=O)C2CCC(C)O2)CC1. The third kappa shape index (κ3) is 3.45. The van der Waals surface area contributed by atoms with Gasteiger partial charge in [0.25, 0.3) is 5.91 Å². The summed E-state index contributed by atoms with van der Waals surface area (Å²) in [6.07, 6.45) is 4.27. The van der Waals surface area contributed by atoms with Crippen LogP contribution < -0.4 is 5.32 Å². The number of ether oxygens (including phenoxy) is 1. The number of likely N-dealkylation sites (tertiary alicyclic amines) is 1. The largest absolute Gasteiger partial charge is 0.365 e. The molecule has 0 bridgehead atoms. The van der Waals surface area contributed by atoms with Crippen molar-refractivity contribution in [1.82, 2.24) is 10.2 Å². The highest BCUT2D eigenvalue weighted by Gasteiger charge is 2.33. The second-order valence-electron chi connectivity index (χ2n) is 5.59. The lowest BCUT2D eigenvalue weighted by atomic mass is 9.96. The zero-order valence-corrected chi connectivity index (χ0v) is 11.7. The summed E-state index contributed by atoms with van der Waals surface area (Å²) in [6, 6.07) is 0. The minimum Gasteiger partial charge on any atom is -0.365 e. The molecule has 2 rings (SSSR count). The lowest BCUT2D eigenvalue weighted by Crippen LogP contribution is -2.45. The number of carbonyl (C=O) groups excluding carboxylic acids is 1. The van der Waals surface area contributed by atoms with Gasteiger partial charge in [-0.2, -0.15) is 0 Å². The molecule has 2 atom stereocenters. The molecule has 2 aliphatic rings. The zero-order valence-electron chi connectivity index (χ0n) is 11.7. The van der Waals surface area contributed by atoms with Crippen LogP contribution in [0.25, 0.3) is 0 Å². The van der Waals surface area contributed by atoms with Gasteiger partial charge >= 0.3 is 0 Å². The number of rotatable bonds is 4. The van der Waals surface area contributed by atoms with E-state index in [2.05, 4.69) is 19.2 Å². The van der Waals surface area contributed by atoms with E-state index in [4.69, 9.17) is 4.74 Å². The number of carbonyl (C=O) groups is 1. The smallest absolute Gasteiger partial charge is 0.251 e. The van der Waals surface area contributed by atoms with E-state index in [1.165, 1.54) is 0 Å². The first-order chi connectivity index (χ1) is 8.70. The van der Waals surface area contributed by atoms with Crippen LogP contribution in [0.4, 0.5) is 0 Å². The molecule has 1 N–H and O–H groups in total. The van der Waals surface area contributed by atoms with Crippen LogP contribution in [0.2, 0.25) is 0 Å². The molecular formula is C14H26N2O2. The Morgan fingerprint density at radius 1 is 1.28 bits per heavy atom. The molecule has 2 saturated heterocycles. The number of hydrogen-bond donors (Lipinski definition) is 1. The van der Waals surface area contributed by atoms with Crippen LogP contribution in [-0.4, -0.2) is 49.2 Å². The summed E-state index contributed by atoms with van der Waals surface area (Å²) >= 11 is 0. The minimum atomic E-state index is -0.162. The van der Waals surface area contributed by atoms with Crippen molar-refractivity contribution in [3.63, 3.8) is 0 Å². The predicted molar refractivity (Wildman–Crippen MR) is 71.4 cm³/mol. The number of nitrogens with one attached hydrogen (secondary N) is 1. The summed E-state index contributed by atoms with van der Waals surface area (Å²) in [4.78, 5) is 14.3. The van der Waals surface area contributed by atoms with E-state index in [1.54, 1.807) is 0 Å². The molecule has 0 spiro atoms. The molecule has 2 fully saturated rings. The van der Waals surface area contributed by atoms with Gasteiger partial charge in [-0.15, -0.1) is 0 Å². The molecule has 0 saturated carbocycles. The molecule has 104 valence electrons. The minimum absolute atomic E-state index is 0.162. The van der Waals surface area contributed by atoms with Gasteiger partial charge in [0.2, 0.25) is 0 Å². The molecular weight excluding hydrogens is 228 g/mol. The highest BCUT2D eigenvalue weighted by atomic mass is 16.5. The molecule has 2 aliphatic heterocycles. The number of piperidine rings is 1. The fourth-order valence-electron chi connectivity index (χ4n) is 2.89. The maximum Gasteiger partial charge on any atom is 0.251 e. The molecule has 0 radical (unpaired) electrons. The van der Waals surface area contributed by atoms with Crippen LogP contribution in [0, 0.1) is 5.92 Å². The Kier molecular flexibility index (Phi) is 5.01. The third-order valence-electron chi connectivity index (χ3n) is 4.12. The van der Waals surface area contributed by atoms with Gasteiger partial charge in [0.1, 0.15) is 6.10 Å². The van der Waals surface area contributed by atoms with E-state index in [-0.39, 0.29) is 18.1 Å². The van der Waals surface area contributed by atoms with E-state index in [0.717, 1.165) is 57.8 Å². The van der Waals surface area contributed by atoms with Crippen molar-refractivity contribution in [2.45, 2.75) is 51.7 Å². The summed E-state index contributed by atoms with van der Waals surface area (Å²) < 4.78 is 5.66. The van der Waals surface area contributed by atoms with Gasteiger partial charge in [0, 0.05) is 13.1 Å². The van der Waals surface area contributed by atoms with Crippen molar-refractivity contribution in [2.75, 3.05) is 26.2 Å². The van der Waals surface area contributed by atoms with Gasteiger partial charge in [-0.05, 0) is 51.6 Å². The molecule has 2 unspecified atom stereocenters. The van der Waals surface area contributed by atoms with E-state index >= 15 is 0 Å². The molecule has 0 aromatic heterocycles. The zero-order chi connectivity index (χ0) is 13.0. The van der Waals surface area contributed by atoms with Crippen molar-refractivity contribution in [3.05, 3.63) is 0 Å². The van der Waals surface area contributed by atoms with Crippen LogP contribution in [0.15, 0.2) is 0 Å². The van der Waals surface area contributed by atoms with Gasteiger partial charge in [-0.1, -0.05) is 6.92 Å². The Labute approximate surface area is 110 Å². The first-order valence-corrected chi connectivity index (χ1v) is 7.35. The third-order valence-corrected chi connectivity index (χ3v) is 4.12. The van der Waals surface area contributed by atoms with Crippen LogP contribution in [0.1, 0.15) is 39.5 Å². The predicted octanol–water partition coefficient (Wildman–Crippen LogP) is 1.40. The second-order valence-corrected chi connectivity index (χ2v) is 5.59. The fraction of sp³-hybridized carbons (Fsp3) is 0.929. The standard InChI is InChI=1S/C14H26N2O2/c1-3-15-10-12-6-8-16(9-7-12)14(17)13-5-4-11(2)18-13/h11-13,15H,3-10H2,1-2H3. The first-order valence-electron chi connectivity index (χ1n) is 7.35. The summed E-state index contributed by atoms with van der Waals surface area (Å²) in [7, 11) is 0. The van der Waals surface area contributed by atoms with E-state index in [0.29, 0.717) is 0 Å². The molecule has 4 heteroatoms. The van der Waals surface area contributed by atoms with Gasteiger partial charge in [-0.3, -0.25) is 4.79 Å². The fourth-order valence-corrected chi connectivity index (χ4v) is 2.89. The Balaban J connectivity index is 1.73. The molecule has 2 heterocycles. The first kappa shape index (κ1) is 13.8. The van der Waals surface area contributed by atoms with Crippen molar-refractivity contribution in [1.29, 1.82) is 0 Å². The Bertz CT molecular complexity index is 275. The second kappa shape index (κ2) is 6.53. The summed E-state index contributed by atoms with van der Waals surface area (Å²) in [5.41, 5.74) is 0. The lowest BCUT2D eigenvalue weighted by molar-refractivity contribution is -0.144. The van der Waals surface area contributed by atoms with Gasteiger partial charge in [0.05, 0.1) is 6.10 Å². The van der Waals surface area contributed by atoms with Crippen LogP contribution in [-0.2, 0) is 9.53 Å². The van der Waals surface area contributed by atoms with Crippen LogP contribution in [0.3, 0.4) is 0 Å². The van der Waals surface area contributed by atoms with E-state index in [9.17, 15) is 4.79 Å². The molecule has 1 amide bonds. The molecule has 18 heavy (non-hydrogen) atoms. The summed E-state index contributed by atoms with van der Waals surface area (Å²) in [5.74, 6) is 0.957. The topological polar surface area (TPSA) is 41.6 Å². The van der Waals surface area contributed by atoms with Gasteiger partial charge < -0.3 is 15.0 Å². The number of hydrogen-bond acceptors (Lipinski definition) is 3. The van der Waals surface area contributed by atoms with Crippen LogP contribution in [0.5, 0.6) is 0 Å². The van der Waals surface area contributed by atoms with Crippen molar-refractivity contribution < 1.29 is 9.53 Å². The molecule has 0 aromatic carbocycles. The monoisotopic (exact) mass is 254 g/mol. The molecule has 4 nitrogen and oxygen atoms in total. The highest BCUT2D eigenvalue weighted by molar-refractivity contribution is 5.81. The molecule has 0 aliphatic carbocycles. The Hall–Kier alpha value is -0.610. The summed E-state index contributed by atoms with van der Waals surface area (Å²) in [6.45, 7) is 8.13. The summed E-state index contributed by atoms with van der Waals surface area (Å²) in [5, 5.41) is 3.39. The lowest BCUT2D eigenvalue weighted by Gasteiger charge is -2.33. The van der Waals surface area contributed by atoms with Gasteiger partial charge in [0.15, 0.2) is 0 Å². The van der Waals surface area contributed by atoms with E-state index in [1.807, 2.05) is 4.90 Å². The van der Waals surface area contributed by atoms with Crippen molar-refractivity contribution in [3.8, 4) is 0 Å². The van der Waals surface area contributed by atoms with Gasteiger partial charge in [-0.25, -0.2) is 0 Å².